The topological polar surface area (TPSA) is 62.1 Å². The summed E-state index contributed by atoms with van der Waals surface area (Å²) in [6.07, 6.45) is 0.937. The van der Waals surface area contributed by atoms with E-state index >= 15 is 0 Å². The van der Waals surface area contributed by atoms with Gasteiger partial charge in [-0.15, -0.1) is 0 Å². The average molecular weight is 422 g/mol. The summed E-state index contributed by atoms with van der Waals surface area (Å²) in [7, 11) is 3.32. The van der Waals surface area contributed by atoms with E-state index < -0.39 is 0 Å². The number of pyridine rings is 1. The number of quaternary nitrogens is 1. The van der Waals surface area contributed by atoms with Gasteiger partial charge in [0.1, 0.15) is 18.8 Å². The van der Waals surface area contributed by atoms with Crippen LogP contribution < -0.4 is 14.4 Å². The first kappa shape index (κ1) is 21.1. The maximum atomic E-state index is 12.8. The van der Waals surface area contributed by atoms with Crippen LogP contribution in [0.1, 0.15) is 39.7 Å². The van der Waals surface area contributed by atoms with Gasteiger partial charge in [-0.3, -0.25) is 0 Å². The summed E-state index contributed by atoms with van der Waals surface area (Å²) in [5.41, 5.74) is 5.78. The Balaban J connectivity index is 1.69. The highest BCUT2D eigenvalue weighted by molar-refractivity contribution is 5.98. The largest absolute Gasteiger partial charge is 0.493 e. The lowest BCUT2D eigenvalue weighted by atomic mass is 9.97. The van der Waals surface area contributed by atoms with Crippen molar-refractivity contribution in [3.05, 3.63) is 64.3 Å². The van der Waals surface area contributed by atoms with E-state index in [0.717, 1.165) is 53.2 Å². The van der Waals surface area contributed by atoms with Gasteiger partial charge in [0.05, 0.1) is 38.5 Å². The molecule has 3 aromatic rings. The molecule has 6 heteroatoms. The second-order valence-corrected chi connectivity index (χ2v) is 7.88. The van der Waals surface area contributed by atoms with Crippen LogP contribution in [0.2, 0.25) is 0 Å². The van der Waals surface area contributed by atoms with Crippen LogP contribution in [0.15, 0.2) is 36.4 Å². The SMILES string of the molecule is CCOC(=O)c1c(C[NH+]2CCc3cc(OC)c(OC)cc3C2)nc2ccccc2c1C. The molecule has 1 aliphatic heterocycles. The molecule has 2 heterocycles. The van der Waals surface area contributed by atoms with E-state index in [9.17, 15) is 4.79 Å². The molecule has 0 saturated heterocycles. The summed E-state index contributed by atoms with van der Waals surface area (Å²) in [5.74, 6) is 1.21. The van der Waals surface area contributed by atoms with Crippen molar-refractivity contribution in [2.24, 2.45) is 0 Å². The number of hydrogen-bond donors (Lipinski definition) is 1. The van der Waals surface area contributed by atoms with Crippen LogP contribution in [0, 0.1) is 6.92 Å². The number of aromatic nitrogens is 1. The number of fused-ring (bicyclic) bond motifs is 2. The average Bonchev–Trinajstić information content (AvgIpc) is 2.78. The second kappa shape index (κ2) is 8.94. The summed E-state index contributed by atoms with van der Waals surface area (Å²) in [6, 6.07) is 12.1. The number of carbonyl (C=O) groups excluding carboxylic acids is 1. The number of para-hydroxylation sites is 1. The number of benzene rings is 2. The number of ether oxygens (including phenoxy) is 3. The summed E-state index contributed by atoms with van der Waals surface area (Å²) in [5, 5.41) is 0.991. The van der Waals surface area contributed by atoms with Gasteiger partial charge in [0, 0.05) is 17.4 Å². The molecule has 0 saturated carbocycles. The highest BCUT2D eigenvalue weighted by atomic mass is 16.5. The first-order valence-electron chi connectivity index (χ1n) is 10.7. The van der Waals surface area contributed by atoms with Crippen molar-refractivity contribution in [2.75, 3.05) is 27.4 Å². The maximum absolute atomic E-state index is 12.8. The number of nitrogens with zero attached hydrogens (tertiary/aromatic N) is 1. The minimum atomic E-state index is -0.295. The second-order valence-electron chi connectivity index (χ2n) is 7.88. The van der Waals surface area contributed by atoms with Crippen molar-refractivity contribution in [1.29, 1.82) is 0 Å². The van der Waals surface area contributed by atoms with Crippen molar-refractivity contribution in [2.45, 2.75) is 33.4 Å². The van der Waals surface area contributed by atoms with E-state index in [1.807, 2.05) is 38.1 Å². The molecular weight excluding hydrogens is 392 g/mol. The van der Waals surface area contributed by atoms with Gasteiger partial charge in [-0.2, -0.15) is 0 Å². The lowest BCUT2D eigenvalue weighted by Crippen LogP contribution is -3.10. The number of aryl methyl sites for hydroxylation is 1. The Hall–Kier alpha value is -3.12. The Bertz CT molecular complexity index is 1130. The molecule has 1 N–H and O–H groups in total. The van der Waals surface area contributed by atoms with Crippen LogP contribution in [0.5, 0.6) is 11.5 Å². The highest BCUT2D eigenvalue weighted by Crippen LogP contribution is 2.31. The highest BCUT2D eigenvalue weighted by Gasteiger charge is 2.27. The molecule has 1 atom stereocenters. The van der Waals surface area contributed by atoms with Crippen LogP contribution >= 0.6 is 0 Å². The summed E-state index contributed by atoms with van der Waals surface area (Å²) in [6.45, 7) is 6.61. The van der Waals surface area contributed by atoms with Crippen LogP contribution in [0.3, 0.4) is 0 Å². The zero-order valence-electron chi connectivity index (χ0n) is 18.6. The van der Waals surface area contributed by atoms with Gasteiger partial charge >= 0.3 is 5.97 Å². The quantitative estimate of drug-likeness (QED) is 0.620. The zero-order valence-corrected chi connectivity index (χ0v) is 18.6. The molecule has 1 aliphatic rings. The van der Waals surface area contributed by atoms with Crippen molar-refractivity contribution < 1.29 is 23.9 Å². The first-order valence-corrected chi connectivity index (χ1v) is 10.7. The van der Waals surface area contributed by atoms with Crippen molar-refractivity contribution >= 4 is 16.9 Å². The third-order valence-corrected chi connectivity index (χ3v) is 6.02. The number of methoxy groups -OCH3 is 2. The number of nitrogens with one attached hydrogen (secondary N) is 1. The maximum Gasteiger partial charge on any atom is 0.340 e. The van der Waals surface area contributed by atoms with E-state index in [4.69, 9.17) is 19.2 Å². The number of esters is 1. The normalized spacial score (nSPS) is 15.4. The molecule has 6 nitrogen and oxygen atoms in total. The van der Waals surface area contributed by atoms with Gasteiger partial charge in [-0.25, -0.2) is 9.78 Å². The summed E-state index contributed by atoms with van der Waals surface area (Å²) >= 11 is 0. The summed E-state index contributed by atoms with van der Waals surface area (Å²) in [4.78, 5) is 19.1. The standard InChI is InChI=1S/C25H28N2O4/c1-5-31-25(28)24-16(2)19-8-6-7-9-20(19)26-21(24)15-27-11-10-17-12-22(29-3)23(30-4)13-18(17)14-27/h6-9,12-13H,5,10-11,14-15H2,1-4H3/p+1. The fourth-order valence-corrected chi connectivity index (χ4v) is 4.46. The third-order valence-electron chi connectivity index (χ3n) is 6.02. The van der Waals surface area contributed by atoms with Crippen LogP contribution in [0.25, 0.3) is 10.9 Å². The molecule has 0 fully saturated rings. The molecule has 31 heavy (non-hydrogen) atoms. The molecule has 2 aromatic carbocycles. The molecule has 0 aliphatic carbocycles. The molecule has 1 aromatic heterocycles. The molecule has 0 amide bonds. The predicted molar refractivity (Wildman–Crippen MR) is 119 cm³/mol. The monoisotopic (exact) mass is 421 g/mol. The Morgan fingerprint density at radius 3 is 2.52 bits per heavy atom. The molecule has 0 radical (unpaired) electrons. The minimum Gasteiger partial charge on any atom is -0.493 e. The third kappa shape index (κ3) is 4.08. The molecule has 162 valence electrons. The molecular formula is C25H29N2O4+. The lowest BCUT2D eigenvalue weighted by molar-refractivity contribution is -0.929. The number of carbonyl (C=O) groups is 1. The Kier molecular flexibility index (Phi) is 6.09. The number of rotatable bonds is 6. The van der Waals surface area contributed by atoms with E-state index in [-0.39, 0.29) is 5.97 Å². The molecule has 4 rings (SSSR count). The van der Waals surface area contributed by atoms with Gasteiger partial charge in [0.25, 0.3) is 0 Å². The van der Waals surface area contributed by atoms with Crippen LogP contribution in [-0.2, 0) is 24.2 Å². The Morgan fingerprint density at radius 2 is 1.81 bits per heavy atom. The predicted octanol–water partition coefficient (Wildman–Crippen LogP) is 2.88. The van der Waals surface area contributed by atoms with Gasteiger partial charge < -0.3 is 19.1 Å². The van der Waals surface area contributed by atoms with Crippen molar-refractivity contribution in [3.8, 4) is 11.5 Å². The smallest absolute Gasteiger partial charge is 0.340 e. The van der Waals surface area contributed by atoms with E-state index in [1.165, 1.54) is 16.0 Å². The Labute approximate surface area is 182 Å². The molecule has 0 spiro atoms. The van der Waals surface area contributed by atoms with Gasteiger partial charge in [-0.05, 0) is 43.2 Å². The van der Waals surface area contributed by atoms with E-state index in [1.54, 1.807) is 14.2 Å². The number of hydrogen-bond acceptors (Lipinski definition) is 5. The van der Waals surface area contributed by atoms with Gasteiger partial charge in [0.2, 0.25) is 0 Å². The first-order chi connectivity index (χ1) is 15.0. The molecule has 1 unspecified atom stereocenters. The van der Waals surface area contributed by atoms with Crippen LogP contribution in [-0.4, -0.2) is 38.3 Å². The molecule has 0 bridgehead atoms. The van der Waals surface area contributed by atoms with Crippen molar-refractivity contribution in [3.63, 3.8) is 0 Å². The Morgan fingerprint density at radius 1 is 1.10 bits per heavy atom. The fraction of sp³-hybridized carbons (Fsp3) is 0.360. The lowest BCUT2D eigenvalue weighted by Gasteiger charge is -2.27. The van der Waals surface area contributed by atoms with E-state index in [0.29, 0.717) is 18.7 Å². The van der Waals surface area contributed by atoms with E-state index in [2.05, 4.69) is 12.1 Å². The fourth-order valence-electron chi connectivity index (χ4n) is 4.46. The van der Waals surface area contributed by atoms with Gasteiger partial charge in [0.15, 0.2) is 11.5 Å². The van der Waals surface area contributed by atoms with Gasteiger partial charge in [-0.1, -0.05) is 18.2 Å². The summed E-state index contributed by atoms with van der Waals surface area (Å²) < 4.78 is 16.3. The minimum absolute atomic E-state index is 0.295. The van der Waals surface area contributed by atoms with Crippen LogP contribution in [0.4, 0.5) is 0 Å². The van der Waals surface area contributed by atoms with Crippen molar-refractivity contribution in [1.82, 2.24) is 4.98 Å². The zero-order chi connectivity index (χ0) is 22.0.